The molecule has 0 atom stereocenters. The minimum absolute atomic E-state index is 0.130. The van der Waals surface area contributed by atoms with Gasteiger partial charge in [-0.05, 0) is 39.5 Å². The summed E-state index contributed by atoms with van der Waals surface area (Å²) in [6.45, 7) is 3.70. The van der Waals surface area contributed by atoms with Gasteiger partial charge in [-0.1, -0.05) is 38.2 Å². The fourth-order valence-corrected chi connectivity index (χ4v) is 2.25. The van der Waals surface area contributed by atoms with Crippen LogP contribution in [0.25, 0.3) is 0 Å². The van der Waals surface area contributed by atoms with E-state index in [0.717, 1.165) is 18.4 Å². The van der Waals surface area contributed by atoms with Crippen molar-refractivity contribution in [1.29, 1.82) is 0 Å². The maximum atomic E-state index is 11.7. The van der Waals surface area contributed by atoms with E-state index in [1.54, 1.807) is 0 Å². The van der Waals surface area contributed by atoms with E-state index in [0.29, 0.717) is 0 Å². The van der Waals surface area contributed by atoms with Crippen molar-refractivity contribution in [3.63, 3.8) is 0 Å². The van der Waals surface area contributed by atoms with Gasteiger partial charge in [0.05, 0.1) is 0 Å². The molecule has 1 fully saturated rings. The Bertz CT molecular complexity index is 246. The summed E-state index contributed by atoms with van der Waals surface area (Å²) in [6, 6.07) is 0. The highest BCUT2D eigenvalue weighted by molar-refractivity contribution is 5.87. The van der Waals surface area contributed by atoms with Crippen molar-refractivity contribution in [3.05, 3.63) is 11.6 Å². The first-order valence-corrected chi connectivity index (χ1v) is 7.08. The lowest BCUT2D eigenvalue weighted by molar-refractivity contribution is -0.145. The van der Waals surface area contributed by atoms with Crippen molar-refractivity contribution in [1.82, 2.24) is 0 Å². The molecular formula is C15H26O2. The van der Waals surface area contributed by atoms with Crippen molar-refractivity contribution in [2.45, 2.75) is 77.7 Å². The molecule has 0 spiro atoms. The van der Waals surface area contributed by atoms with Crippen LogP contribution in [0.15, 0.2) is 11.6 Å². The van der Waals surface area contributed by atoms with Crippen LogP contribution in [0.1, 0.15) is 71.6 Å². The Morgan fingerprint density at radius 1 is 1.00 bits per heavy atom. The molecule has 0 aromatic rings. The predicted molar refractivity (Wildman–Crippen MR) is 70.9 cm³/mol. The summed E-state index contributed by atoms with van der Waals surface area (Å²) in [5, 5.41) is 0. The SMILES string of the molecule is CC=C(C)C(=O)OC1CCCCCCCCC1. The molecule has 98 valence electrons. The Kier molecular flexibility index (Phi) is 6.99. The van der Waals surface area contributed by atoms with Gasteiger partial charge in [-0.25, -0.2) is 4.79 Å². The third-order valence-electron chi connectivity index (χ3n) is 3.58. The molecule has 0 unspecified atom stereocenters. The summed E-state index contributed by atoms with van der Waals surface area (Å²) < 4.78 is 5.57. The molecule has 0 saturated heterocycles. The van der Waals surface area contributed by atoms with Crippen molar-refractivity contribution in [2.75, 3.05) is 0 Å². The second-order valence-corrected chi connectivity index (χ2v) is 5.05. The Morgan fingerprint density at radius 3 is 1.94 bits per heavy atom. The lowest BCUT2D eigenvalue weighted by Crippen LogP contribution is -2.19. The number of hydrogen-bond donors (Lipinski definition) is 0. The molecule has 0 aromatic carbocycles. The molecule has 1 aliphatic rings. The minimum atomic E-state index is -0.130. The van der Waals surface area contributed by atoms with Crippen molar-refractivity contribution >= 4 is 5.97 Å². The van der Waals surface area contributed by atoms with E-state index in [1.165, 1.54) is 44.9 Å². The van der Waals surface area contributed by atoms with Gasteiger partial charge in [0.15, 0.2) is 0 Å². The first kappa shape index (κ1) is 14.3. The predicted octanol–water partition coefficient (Wildman–Crippen LogP) is 4.39. The summed E-state index contributed by atoms with van der Waals surface area (Å²) in [5.74, 6) is -0.130. The average Bonchev–Trinajstić information content (AvgIpc) is 2.36. The zero-order valence-electron chi connectivity index (χ0n) is 11.3. The summed E-state index contributed by atoms with van der Waals surface area (Å²) in [6.07, 6.45) is 13.1. The van der Waals surface area contributed by atoms with Gasteiger partial charge in [0.2, 0.25) is 0 Å². The lowest BCUT2D eigenvalue weighted by atomic mass is 9.99. The Morgan fingerprint density at radius 2 is 1.47 bits per heavy atom. The molecule has 0 aromatic heterocycles. The molecule has 0 amide bonds. The van der Waals surface area contributed by atoms with Crippen molar-refractivity contribution < 1.29 is 9.53 Å². The molecule has 0 radical (unpaired) electrons. The first-order chi connectivity index (χ1) is 8.24. The highest BCUT2D eigenvalue weighted by atomic mass is 16.5. The van der Waals surface area contributed by atoms with Crippen LogP contribution in [0.2, 0.25) is 0 Å². The molecule has 1 aliphatic carbocycles. The number of carbonyl (C=O) groups is 1. The first-order valence-electron chi connectivity index (χ1n) is 7.08. The Hall–Kier alpha value is -0.790. The number of ether oxygens (including phenoxy) is 1. The third-order valence-corrected chi connectivity index (χ3v) is 3.58. The van der Waals surface area contributed by atoms with Gasteiger partial charge in [-0.3, -0.25) is 0 Å². The monoisotopic (exact) mass is 238 g/mol. The fourth-order valence-electron chi connectivity index (χ4n) is 2.25. The minimum Gasteiger partial charge on any atom is -0.459 e. The van der Waals surface area contributed by atoms with Crippen LogP contribution in [-0.2, 0) is 9.53 Å². The van der Waals surface area contributed by atoms with Gasteiger partial charge in [0.1, 0.15) is 6.10 Å². The lowest BCUT2D eigenvalue weighted by Gasteiger charge is -2.19. The standard InChI is InChI=1S/C15H26O2/c1-3-13(2)15(16)17-14-11-9-7-5-4-6-8-10-12-14/h3,14H,4-12H2,1-2H3. The van der Waals surface area contributed by atoms with E-state index in [9.17, 15) is 4.79 Å². The topological polar surface area (TPSA) is 26.3 Å². The van der Waals surface area contributed by atoms with E-state index in [4.69, 9.17) is 4.74 Å². The number of rotatable bonds is 2. The van der Waals surface area contributed by atoms with Crippen LogP contribution >= 0.6 is 0 Å². The van der Waals surface area contributed by atoms with E-state index >= 15 is 0 Å². The number of carbonyl (C=O) groups excluding carboxylic acids is 1. The molecule has 17 heavy (non-hydrogen) atoms. The number of allylic oxidation sites excluding steroid dienone is 1. The van der Waals surface area contributed by atoms with Crippen LogP contribution < -0.4 is 0 Å². The van der Waals surface area contributed by atoms with E-state index in [-0.39, 0.29) is 12.1 Å². The van der Waals surface area contributed by atoms with Gasteiger partial charge < -0.3 is 4.74 Å². The molecule has 0 heterocycles. The van der Waals surface area contributed by atoms with Crippen LogP contribution in [0.3, 0.4) is 0 Å². The van der Waals surface area contributed by atoms with Crippen LogP contribution in [-0.4, -0.2) is 12.1 Å². The molecule has 2 heteroatoms. The maximum absolute atomic E-state index is 11.7. The van der Waals surface area contributed by atoms with E-state index < -0.39 is 0 Å². The van der Waals surface area contributed by atoms with Gasteiger partial charge in [-0.2, -0.15) is 0 Å². The van der Waals surface area contributed by atoms with Crippen LogP contribution in [0.5, 0.6) is 0 Å². The normalized spacial score (nSPS) is 20.9. The Labute approximate surface area is 105 Å². The summed E-state index contributed by atoms with van der Waals surface area (Å²) >= 11 is 0. The van der Waals surface area contributed by atoms with Gasteiger partial charge >= 0.3 is 5.97 Å². The summed E-state index contributed by atoms with van der Waals surface area (Å²) in [7, 11) is 0. The second kappa shape index (κ2) is 8.32. The summed E-state index contributed by atoms with van der Waals surface area (Å²) in [4.78, 5) is 11.7. The van der Waals surface area contributed by atoms with E-state index in [1.807, 2.05) is 19.9 Å². The quantitative estimate of drug-likeness (QED) is 0.527. The molecule has 1 rings (SSSR count). The average molecular weight is 238 g/mol. The molecule has 0 bridgehead atoms. The number of esters is 1. The zero-order chi connectivity index (χ0) is 12.5. The largest absolute Gasteiger partial charge is 0.459 e. The third kappa shape index (κ3) is 5.90. The molecule has 2 nitrogen and oxygen atoms in total. The highest BCUT2D eigenvalue weighted by Gasteiger charge is 2.15. The zero-order valence-corrected chi connectivity index (χ0v) is 11.3. The van der Waals surface area contributed by atoms with Gasteiger partial charge in [0.25, 0.3) is 0 Å². The van der Waals surface area contributed by atoms with Crippen LogP contribution in [0, 0.1) is 0 Å². The molecule has 1 saturated carbocycles. The van der Waals surface area contributed by atoms with Crippen molar-refractivity contribution in [3.8, 4) is 0 Å². The second-order valence-electron chi connectivity index (χ2n) is 5.05. The van der Waals surface area contributed by atoms with Crippen LogP contribution in [0.4, 0.5) is 0 Å². The molecular weight excluding hydrogens is 212 g/mol. The van der Waals surface area contributed by atoms with E-state index in [2.05, 4.69) is 0 Å². The van der Waals surface area contributed by atoms with Gasteiger partial charge in [0, 0.05) is 5.57 Å². The van der Waals surface area contributed by atoms with Crippen molar-refractivity contribution in [2.24, 2.45) is 0 Å². The Balaban J connectivity index is 2.39. The number of hydrogen-bond acceptors (Lipinski definition) is 2. The maximum Gasteiger partial charge on any atom is 0.333 e. The van der Waals surface area contributed by atoms with Gasteiger partial charge in [-0.15, -0.1) is 0 Å². The molecule has 0 N–H and O–H groups in total. The smallest absolute Gasteiger partial charge is 0.333 e. The highest BCUT2D eigenvalue weighted by Crippen LogP contribution is 2.19. The summed E-state index contributed by atoms with van der Waals surface area (Å²) in [5.41, 5.74) is 0.724. The fraction of sp³-hybridized carbons (Fsp3) is 0.800. The molecule has 0 aliphatic heterocycles.